The molecule has 1 aliphatic carbocycles. The van der Waals surface area contributed by atoms with Gasteiger partial charge in [-0.2, -0.15) is 0 Å². The molecule has 1 aromatic heterocycles. The van der Waals surface area contributed by atoms with Crippen LogP contribution in [0.2, 0.25) is 0 Å². The molecule has 1 saturated carbocycles. The van der Waals surface area contributed by atoms with Crippen molar-refractivity contribution in [3.8, 4) is 0 Å². The van der Waals surface area contributed by atoms with Gasteiger partial charge < -0.3 is 15.3 Å². The Balaban J connectivity index is 1.43. The molecule has 6 nitrogen and oxygen atoms in total. The summed E-state index contributed by atoms with van der Waals surface area (Å²) >= 11 is 0. The van der Waals surface area contributed by atoms with E-state index in [0.717, 1.165) is 44.1 Å². The molecular weight excluding hydrogens is 350 g/mol. The van der Waals surface area contributed by atoms with Gasteiger partial charge in [-0.05, 0) is 57.5 Å². The Morgan fingerprint density at radius 1 is 1.00 bits per heavy atom. The number of anilines is 2. The van der Waals surface area contributed by atoms with E-state index >= 15 is 0 Å². The summed E-state index contributed by atoms with van der Waals surface area (Å²) < 4.78 is 0. The van der Waals surface area contributed by atoms with E-state index in [1.54, 1.807) is 6.33 Å². The molecule has 0 bridgehead atoms. The third-order valence-electron chi connectivity index (χ3n) is 7.16. The minimum absolute atomic E-state index is 0.269. The Morgan fingerprint density at radius 2 is 1.79 bits per heavy atom. The van der Waals surface area contributed by atoms with E-state index in [2.05, 4.69) is 31.2 Å². The molecule has 1 unspecified atom stereocenters. The summed E-state index contributed by atoms with van der Waals surface area (Å²) in [6, 6.07) is 2.10. The van der Waals surface area contributed by atoms with Crippen molar-refractivity contribution < 1.29 is 5.11 Å². The second kappa shape index (κ2) is 9.40. The van der Waals surface area contributed by atoms with Crippen molar-refractivity contribution in [2.75, 3.05) is 49.5 Å². The number of aliphatic hydroxyl groups excluding tert-OH is 1. The van der Waals surface area contributed by atoms with Gasteiger partial charge in [0.25, 0.3) is 0 Å². The number of piperidine rings is 2. The lowest BCUT2D eigenvalue weighted by Crippen LogP contribution is -2.56. The monoisotopic (exact) mass is 387 g/mol. The second-order valence-electron chi connectivity index (χ2n) is 9.08. The lowest BCUT2D eigenvalue weighted by atomic mass is 9.79. The summed E-state index contributed by atoms with van der Waals surface area (Å²) in [6.07, 6.45) is 14.7. The SMILES string of the molecule is OCC1CCCN(c2cc(NCC3(N4CCCCC4)CCCCC3)ncn2)C1. The lowest BCUT2D eigenvalue weighted by molar-refractivity contribution is 0.0437. The minimum Gasteiger partial charge on any atom is -0.396 e. The van der Waals surface area contributed by atoms with Gasteiger partial charge in [0.05, 0.1) is 0 Å². The number of aliphatic hydroxyl groups is 1. The van der Waals surface area contributed by atoms with Crippen LogP contribution in [0.15, 0.2) is 12.4 Å². The van der Waals surface area contributed by atoms with Crippen LogP contribution < -0.4 is 10.2 Å². The zero-order valence-corrected chi connectivity index (χ0v) is 17.3. The van der Waals surface area contributed by atoms with Crippen LogP contribution in [-0.4, -0.2) is 64.8 Å². The third kappa shape index (κ3) is 4.60. The molecule has 2 N–H and O–H groups in total. The minimum atomic E-state index is 0.269. The fourth-order valence-corrected chi connectivity index (χ4v) is 5.48. The Hall–Kier alpha value is -1.40. The molecule has 0 aromatic carbocycles. The zero-order valence-electron chi connectivity index (χ0n) is 17.3. The summed E-state index contributed by atoms with van der Waals surface area (Å²) in [6.45, 7) is 5.68. The van der Waals surface area contributed by atoms with E-state index in [1.807, 2.05) is 0 Å². The molecule has 6 heteroatoms. The number of hydrogen-bond donors (Lipinski definition) is 2. The Morgan fingerprint density at radius 3 is 2.57 bits per heavy atom. The fourth-order valence-electron chi connectivity index (χ4n) is 5.48. The highest BCUT2D eigenvalue weighted by atomic mass is 16.3. The van der Waals surface area contributed by atoms with E-state index in [9.17, 15) is 5.11 Å². The first-order chi connectivity index (χ1) is 13.8. The maximum absolute atomic E-state index is 9.51. The molecule has 3 aliphatic rings. The summed E-state index contributed by atoms with van der Waals surface area (Å²) in [5, 5.41) is 13.2. The van der Waals surface area contributed by atoms with E-state index in [1.165, 1.54) is 64.5 Å². The Kier molecular flexibility index (Phi) is 6.68. The average Bonchev–Trinajstić information content (AvgIpc) is 2.79. The van der Waals surface area contributed by atoms with Crippen LogP contribution >= 0.6 is 0 Å². The molecule has 3 fully saturated rings. The summed E-state index contributed by atoms with van der Waals surface area (Å²) in [4.78, 5) is 14.1. The number of nitrogens with one attached hydrogen (secondary N) is 1. The van der Waals surface area contributed by atoms with Crippen LogP contribution in [0.3, 0.4) is 0 Å². The number of nitrogens with zero attached hydrogens (tertiary/aromatic N) is 4. The first kappa shape index (κ1) is 19.9. The molecule has 2 aliphatic heterocycles. The van der Waals surface area contributed by atoms with Gasteiger partial charge in [-0.3, -0.25) is 4.90 Å². The zero-order chi connectivity index (χ0) is 19.2. The van der Waals surface area contributed by atoms with Crippen molar-refractivity contribution in [2.24, 2.45) is 5.92 Å². The quantitative estimate of drug-likeness (QED) is 0.781. The molecule has 1 aromatic rings. The van der Waals surface area contributed by atoms with Crippen LogP contribution in [0.4, 0.5) is 11.6 Å². The number of rotatable bonds is 6. The second-order valence-corrected chi connectivity index (χ2v) is 9.08. The highest BCUT2D eigenvalue weighted by molar-refractivity contribution is 5.49. The van der Waals surface area contributed by atoms with Gasteiger partial charge >= 0.3 is 0 Å². The van der Waals surface area contributed by atoms with Gasteiger partial charge in [0.15, 0.2) is 0 Å². The number of likely N-dealkylation sites (tertiary alicyclic amines) is 1. The molecule has 2 saturated heterocycles. The van der Waals surface area contributed by atoms with Crippen LogP contribution in [0, 0.1) is 5.92 Å². The van der Waals surface area contributed by atoms with Gasteiger partial charge in [-0.25, -0.2) is 9.97 Å². The van der Waals surface area contributed by atoms with E-state index in [4.69, 9.17) is 0 Å². The van der Waals surface area contributed by atoms with Gasteiger partial charge in [-0.1, -0.05) is 25.7 Å². The summed E-state index contributed by atoms with van der Waals surface area (Å²) in [7, 11) is 0. The molecule has 156 valence electrons. The van der Waals surface area contributed by atoms with Crippen molar-refractivity contribution in [2.45, 2.75) is 69.7 Å². The van der Waals surface area contributed by atoms with Crippen LogP contribution in [0.5, 0.6) is 0 Å². The normalized spacial score (nSPS) is 26.2. The predicted octanol–water partition coefficient (Wildman–Crippen LogP) is 3.29. The van der Waals surface area contributed by atoms with Crippen molar-refractivity contribution >= 4 is 11.6 Å². The number of hydrogen-bond acceptors (Lipinski definition) is 6. The van der Waals surface area contributed by atoms with Crippen molar-refractivity contribution in [1.29, 1.82) is 0 Å². The first-order valence-corrected chi connectivity index (χ1v) is 11.5. The standard InChI is InChI=1S/C22H37N5O/c28-16-19-8-7-11-26(15-19)21-14-20(24-18-25-21)23-17-22(9-3-1-4-10-22)27-12-5-2-6-13-27/h14,18-19,28H,1-13,15-17H2,(H,23,24,25). The average molecular weight is 388 g/mol. The van der Waals surface area contributed by atoms with Crippen LogP contribution in [-0.2, 0) is 0 Å². The van der Waals surface area contributed by atoms with E-state index in [0.29, 0.717) is 11.5 Å². The predicted molar refractivity (Wildman–Crippen MR) is 114 cm³/mol. The van der Waals surface area contributed by atoms with Crippen molar-refractivity contribution in [3.05, 3.63) is 12.4 Å². The van der Waals surface area contributed by atoms with Crippen LogP contribution in [0.1, 0.15) is 64.2 Å². The van der Waals surface area contributed by atoms with Crippen LogP contribution in [0.25, 0.3) is 0 Å². The first-order valence-electron chi connectivity index (χ1n) is 11.5. The molecular formula is C22H37N5O. The topological polar surface area (TPSA) is 64.5 Å². The van der Waals surface area contributed by atoms with Gasteiger partial charge in [0, 0.05) is 37.8 Å². The molecule has 0 amide bonds. The smallest absolute Gasteiger partial charge is 0.134 e. The molecule has 4 rings (SSSR count). The van der Waals surface area contributed by atoms with E-state index < -0.39 is 0 Å². The highest BCUT2D eigenvalue weighted by Gasteiger charge is 2.38. The van der Waals surface area contributed by atoms with Crippen molar-refractivity contribution in [1.82, 2.24) is 14.9 Å². The van der Waals surface area contributed by atoms with E-state index in [-0.39, 0.29) is 6.61 Å². The molecule has 1 atom stereocenters. The fraction of sp³-hybridized carbons (Fsp3) is 0.818. The maximum atomic E-state index is 9.51. The summed E-state index contributed by atoms with van der Waals surface area (Å²) in [5.74, 6) is 2.30. The van der Waals surface area contributed by atoms with Gasteiger partial charge in [0.2, 0.25) is 0 Å². The van der Waals surface area contributed by atoms with Gasteiger partial charge in [0.1, 0.15) is 18.0 Å². The largest absolute Gasteiger partial charge is 0.396 e. The number of aromatic nitrogens is 2. The molecule has 28 heavy (non-hydrogen) atoms. The summed E-state index contributed by atoms with van der Waals surface area (Å²) in [5.41, 5.74) is 0.302. The Labute approximate surface area is 169 Å². The molecule has 3 heterocycles. The van der Waals surface area contributed by atoms with Gasteiger partial charge in [-0.15, -0.1) is 0 Å². The molecule has 0 spiro atoms. The Bertz CT molecular complexity index is 613. The molecule has 0 radical (unpaired) electrons. The lowest BCUT2D eigenvalue weighted by Gasteiger charge is -2.48. The highest BCUT2D eigenvalue weighted by Crippen LogP contribution is 2.36. The van der Waals surface area contributed by atoms with Crippen molar-refractivity contribution in [3.63, 3.8) is 0 Å². The maximum Gasteiger partial charge on any atom is 0.134 e. The third-order valence-corrected chi connectivity index (χ3v) is 7.16.